The lowest BCUT2D eigenvalue weighted by atomic mass is 9.66. The van der Waals surface area contributed by atoms with Crippen molar-refractivity contribution in [2.24, 2.45) is 0 Å². The molecule has 2 aromatic heterocycles. The molecule has 1 aliphatic carbocycles. The number of ether oxygens (including phenoxy) is 1. The highest BCUT2D eigenvalue weighted by molar-refractivity contribution is 5.97. The molecule has 0 N–H and O–H groups in total. The average molecular weight is 681 g/mol. The Bertz CT molecular complexity index is 2750. The first-order chi connectivity index (χ1) is 26.3. The van der Waals surface area contributed by atoms with Crippen LogP contribution < -0.4 is 4.74 Å². The minimum atomic E-state index is -0.677. The van der Waals surface area contributed by atoms with Crippen LogP contribution in [0.5, 0.6) is 11.5 Å². The van der Waals surface area contributed by atoms with Gasteiger partial charge in [0.05, 0.1) is 5.41 Å². The van der Waals surface area contributed by atoms with Crippen molar-refractivity contribution in [3.63, 3.8) is 0 Å². The van der Waals surface area contributed by atoms with Crippen LogP contribution >= 0.6 is 0 Å². The first-order valence-corrected chi connectivity index (χ1v) is 17.6. The molecule has 53 heavy (non-hydrogen) atoms. The van der Waals surface area contributed by atoms with Crippen LogP contribution in [-0.2, 0) is 5.41 Å². The van der Waals surface area contributed by atoms with Crippen molar-refractivity contribution in [2.75, 3.05) is 0 Å². The molecule has 7 aromatic carbocycles. The fraction of sp³-hybridized carbons (Fsp3) is 0.0213. The second kappa shape index (κ2) is 11.4. The molecule has 0 amide bonds. The van der Waals surface area contributed by atoms with Crippen LogP contribution in [0.3, 0.4) is 0 Å². The number of nitrogens with zero attached hydrogens (tertiary/aromatic N) is 4. The van der Waals surface area contributed by atoms with Gasteiger partial charge in [0, 0.05) is 33.4 Å². The van der Waals surface area contributed by atoms with Gasteiger partial charge in [0.1, 0.15) is 17.0 Å². The summed E-state index contributed by atoms with van der Waals surface area (Å²) in [7, 11) is 0. The Morgan fingerprint density at radius 3 is 1.66 bits per heavy atom. The molecular weight excluding hydrogens is 653 g/mol. The monoisotopic (exact) mass is 680 g/mol. The topological polar surface area (TPSA) is 73.9 Å². The van der Waals surface area contributed by atoms with E-state index in [0.717, 1.165) is 78.2 Å². The molecule has 248 valence electrons. The number of para-hydroxylation sites is 4. The van der Waals surface area contributed by atoms with Crippen LogP contribution in [0.25, 0.3) is 67.8 Å². The maximum Gasteiger partial charge on any atom is 0.227 e. The molecule has 11 rings (SSSR count). The van der Waals surface area contributed by atoms with Gasteiger partial charge in [-0.25, -0.2) is 19.9 Å². The van der Waals surface area contributed by atoms with Crippen LogP contribution in [0, 0.1) is 0 Å². The zero-order valence-electron chi connectivity index (χ0n) is 28.3. The van der Waals surface area contributed by atoms with Crippen molar-refractivity contribution in [3.05, 3.63) is 192 Å². The fourth-order valence-electron chi connectivity index (χ4n) is 8.20. The van der Waals surface area contributed by atoms with E-state index in [-0.39, 0.29) is 0 Å². The molecule has 1 spiro atoms. The van der Waals surface area contributed by atoms with E-state index in [1.54, 1.807) is 0 Å². The summed E-state index contributed by atoms with van der Waals surface area (Å²) >= 11 is 0. The van der Waals surface area contributed by atoms with Crippen LogP contribution in [0.15, 0.2) is 174 Å². The van der Waals surface area contributed by atoms with E-state index in [0.29, 0.717) is 23.4 Å². The highest BCUT2D eigenvalue weighted by Crippen LogP contribution is 2.63. The minimum Gasteiger partial charge on any atom is -0.457 e. The van der Waals surface area contributed by atoms with Gasteiger partial charge in [-0.15, -0.1) is 0 Å². The van der Waals surface area contributed by atoms with Gasteiger partial charge in [-0.05, 0) is 58.7 Å². The summed E-state index contributed by atoms with van der Waals surface area (Å²) in [5.41, 5.74) is 11.1. The van der Waals surface area contributed by atoms with E-state index >= 15 is 0 Å². The predicted octanol–water partition coefficient (Wildman–Crippen LogP) is 11.1. The van der Waals surface area contributed by atoms with Crippen molar-refractivity contribution in [3.8, 4) is 68.2 Å². The maximum atomic E-state index is 6.61. The summed E-state index contributed by atoms with van der Waals surface area (Å²) < 4.78 is 12.9. The van der Waals surface area contributed by atoms with Gasteiger partial charge >= 0.3 is 0 Å². The smallest absolute Gasteiger partial charge is 0.227 e. The number of benzene rings is 7. The lowest BCUT2D eigenvalue weighted by Crippen LogP contribution is -2.32. The third kappa shape index (κ3) is 4.39. The Morgan fingerprint density at radius 1 is 0.396 bits per heavy atom. The zero-order valence-corrected chi connectivity index (χ0v) is 28.3. The number of rotatable bonds is 4. The van der Waals surface area contributed by atoms with Crippen LogP contribution in [0.4, 0.5) is 0 Å². The maximum absolute atomic E-state index is 6.61. The molecule has 2 aliphatic rings. The van der Waals surface area contributed by atoms with Crippen molar-refractivity contribution in [2.45, 2.75) is 5.41 Å². The number of fused-ring (bicyclic) bond motifs is 10. The molecule has 6 nitrogen and oxygen atoms in total. The first kappa shape index (κ1) is 29.5. The summed E-state index contributed by atoms with van der Waals surface area (Å²) in [5.74, 6) is 4.05. The SMILES string of the molecule is c1ccc(-c2nc(-c3ccccc3)nc(-c3cccc4c3-c3cc(-c5nc6ccccc6o5)ccc3C43c4ccccc4Oc4ccccc43)n2)cc1. The van der Waals surface area contributed by atoms with Crippen molar-refractivity contribution in [1.82, 2.24) is 19.9 Å². The summed E-state index contributed by atoms with van der Waals surface area (Å²) in [6, 6.07) is 57.9. The van der Waals surface area contributed by atoms with E-state index in [4.69, 9.17) is 29.1 Å². The van der Waals surface area contributed by atoms with E-state index < -0.39 is 5.41 Å². The highest BCUT2D eigenvalue weighted by atomic mass is 16.5. The minimum absolute atomic E-state index is 0.569. The van der Waals surface area contributed by atoms with Crippen LogP contribution in [0.1, 0.15) is 22.3 Å². The van der Waals surface area contributed by atoms with Crippen LogP contribution in [-0.4, -0.2) is 19.9 Å². The van der Waals surface area contributed by atoms with Gasteiger partial charge in [0.2, 0.25) is 5.89 Å². The summed E-state index contributed by atoms with van der Waals surface area (Å²) in [5, 5.41) is 0. The predicted molar refractivity (Wildman–Crippen MR) is 207 cm³/mol. The standard InChI is InChI=1S/C47H28N4O2/c1-3-14-29(15-4-1)43-49-44(30-16-5-2-6-17-30)51-45(50-43)32-18-13-21-37-42(32)33-28-31(46-48-38-22-9-12-25-41(38)53-46)26-27-34(33)47(37)35-19-7-10-23-39(35)52-40-24-11-8-20-36(40)47/h1-28H. The summed E-state index contributed by atoms with van der Waals surface area (Å²) in [4.78, 5) is 20.3. The van der Waals surface area contributed by atoms with Gasteiger partial charge in [-0.2, -0.15) is 0 Å². The van der Waals surface area contributed by atoms with Gasteiger partial charge in [0.15, 0.2) is 23.1 Å². The second-order valence-electron chi connectivity index (χ2n) is 13.4. The Labute approximate surface area is 305 Å². The second-order valence-corrected chi connectivity index (χ2v) is 13.4. The summed E-state index contributed by atoms with van der Waals surface area (Å²) in [6.07, 6.45) is 0. The van der Waals surface area contributed by atoms with E-state index in [9.17, 15) is 0 Å². The molecular formula is C47H28N4O2. The van der Waals surface area contributed by atoms with E-state index in [2.05, 4.69) is 72.8 Å². The van der Waals surface area contributed by atoms with E-state index in [1.807, 2.05) is 97.1 Å². The van der Waals surface area contributed by atoms with Crippen LogP contribution in [0.2, 0.25) is 0 Å². The van der Waals surface area contributed by atoms with Gasteiger partial charge in [-0.1, -0.05) is 133 Å². The zero-order chi connectivity index (χ0) is 34.9. The normalized spacial score (nSPS) is 13.2. The lowest BCUT2D eigenvalue weighted by Gasteiger charge is -2.39. The number of hydrogen-bond donors (Lipinski definition) is 0. The van der Waals surface area contributed by atoms with Crippen molar-refractivity contribution in [1.29, 1.82) is 0 Å². The Hall–Kier alpha value is -7.18. The first-order valence-electron chi connectivity index (χ1n) is 17.6. The molecule has 0 bridgehead atoms. The molecule has 9 aromatic rings. The van der Waals surface area contributed by atoms with E-state index in [1.165, 1.54) is 0 Å². The molecule has 0 unspecified atom stereocenters. The number of hydrogen-bond acceptors (Lipinski definition) is 6. The molecule has 0 radical (unpaired) electrons. The largest absolute Gasteiger partial charge is 0.457 e. The highest BCUT2D eigenvalue weighted by Gasteiger charge is 2.52. The molecule has 3 heterocycles. The Balaban J connectivity index is 1.24. The third-order valence-electron chi connectivity index (χ3n) is 10.4. The molecule has 0 atom stereocenters. The molecule has 0 saturated carbocycles. The number of oxazole rings is 1. The molecule has 6 heteroatoms. The van der Waals surface area contributed by atoms with Gasteiger partial charge in [0.25, 0.3) is 0 Å². The van der Waals surface area contributed by atoms with Gasteiger partial charge in [-0.3, -0.25) is 0 Å². The third-order valence-corrected chi connectivity index (χ3v) is 10.4. The average Bonchev–Trinajstić information content (AvgIpc) is 3.79. The Kier molecular flexibility index (Phi) is 6.36. The van der Waals surface area contributed by atoms with Crippen molar-refractivity contribution < 1.29 is 9.15 Å². The lowest BCUT2D eigenvalue weighted by molar-refractivity contribution is 0.436. The Morgan fingerprint density at radius 2 is 0.981 bits per heavy atom. The molecule has 0 saturated heterocycles. The quantitative estimate of drug-likeness (QED) is 0.184. The molecule has 0 fully saturated rings. The fourth-order valence-corrected chi connectivity index (χ4v) is 8.20. The van der Waals surface area contributed by atoms with Gasteiger partial charge < -0.3 is 9.15 Å². The van der Waals surface area contributed by atoms with Crippen molar-refractivity contribution >= 4 is 11.1 Å². The summed E-state index contributed by atoms with van der Waals surface area (Å²) in [6.45, 7) is 0. The number of aromatic nitrogens is 4. The molecule has 1 aliphatic heterocycles.